The van der Waals surface area contributed by atoms with Gasteiger partial charge in [-0.2, -0.15) is 0 Å². The predicted octanol–water partition coefficient (Wildman–Crippen LogP) is 3.65. The summed E-state index contributed by atoms with van der Waals surface area (Å²) in [7, 11) is 0. The molecular formula is C16H19NO2. The molecule has 0 bridgehead atoms. The minimum atomic E-state index is -0.175. The van der Waals surface area contributed by atoms with Crippen LogP contribution in [0.3, 0.4) is 0 Å². The standard InChI is InChI=1S/C16H19NO2/c1-4-12-5-7-13(8-6-12)14-9-10-15(19-14)16(18)17-11(2)3/h5-11H,4H2,1-3H3,(H,17,18). The highest BCUT2D eigenvalue weighted by atomic mass is 16.3. The molecule has 2 rings (SSSR count). The second-order valence-corrected chi connectivity index (χ2v) is 4.84. The van der Waals surface area contributed by atoms with Gasteiger partial charge < -0.3 is 9.73 Å². The number of hydrogen-bond acceptors (Lipinski definition) is 2. The summed E-state index contributed by atoms with van der Waals surface area (Å²) in [5.41, 5.74) is 2.27. The fraction of sp³-hybridized carbons (Fsp3) is 0.312. The van der Waals surface area contributed by atoms with Gasteiger partial charge in [0.25, 0.3) is 5.91 Å². The lowest BCUT2D eigenvalue weighted by Gasteiger charge is -2.05. The molecule has 0 fully saturated rings. The largest absolute Gasteiger partial charge is 0.451 e. The zero-order chi connectivity index (χ0) is 13.8. The molecule has 1 aromatic heterocycles. The number of carbonyl (C=O) groups excluding carboxylic acids is 1. The van der Waals surface area contributed by atoms with Crippen LogP contribution in [0.5, 0.6) is 0 Å². The zero-order valence-electron chi connectivity index (χ0n) is 11.6. The maximum Gasteiger partial charge on any atom is 0.287 e. The van der Waals surface area contributed by atoms with E-state index >= 15 is 0 Å². The van der Waals surface area contributed by atoms with Crippen LogP contribution in [-0.4, -0.2) is 11.9 Å². The van der Waals surface area contributed by atoms with Gasteiger partial charge in [-0.3, -0.25) is 4.79 Å². The molecule has 1 N–H and O–H groups in total. The minimum absolute atomic E-state index is 0.102. The fourth-order valence-electron chi connectivity index (χ4n) is 1.85. The van der Waals surface area contributed by atoms with Gasteiger partial charge in [-0.25, -0.2) is 0 Å². The minimum Gasteiger partial charge on any atom is -0.451 e. The van der Waals surface area contributed by atoms with Gasteiger partial charge in [0.05, 0.1) is 0 Å². The van der Waals surface area contributed by atoms with E-state index in [0.717, 1.165) is 17.7 Å². The summed E-state index contributed by atoms with van der Waals surface area (Å²) >= 11 is 0. The average Bonchev–Trinajstić information content (AvgIpc) is 2.88. The molecule has 0 saturated heterocycles. The highest BCUT2D eigenvalue weighted by Crippen LogP contribution is 2.22. The van der Waals surface area contributed by atoms with Crippen LogP contribution in [0.15, 0.2) is 40.8 Å². The van der Waals surface area contributed by atoms with Crippen LogP contribution in [0.2, 0.25) is 0 Å². The Bertz CT molecular complexity index is 552. The van der Waals surface area contributed by atoms with Crippen molar-refractivity contribution in [1.82, 2.24) is 5.32 Å². The van der Waals surface area contributed by atoms with Crippen molar-refractivity contribution in [1.29, 1.82) is 0 Å². The highest BCUT2D eigenvalue weighted by Gasteiger charge is 2.12. The van der Waals surface area contributed by atoms with E-state index < -0.39 is 0 Å². The molecule has 0 aliphatic rings. The lowest BCUT2D eigenvalue weighted by atomic mass is 10.1. The van der Waals surface area contributed by atoms with Crippen molar-refractivity contribution in [2.45, 2.75) is 33.2 Å². The van der Waals surface area contributed by atoms with Crippen LogP contribution in [0, 0.1) is 0 Å². The maximum absolute atomic E-state index is 11.8. The summed E-state index contributed by atoms with van der Waals surface area (Å²) in [6.07, 6.45) is 1.01. The maximum atomic E-state index is 11.8. The SMILES string of the molecule is CCc1ccc(-c2ccc(C(=O)NC(C)C)o2)cc1. The van der Waals surface area contributed by atoms with Crippen LogP contribution >= 0.6 is 0 Å². The Labute approximate surface area is 113 Å². The number of rotatable bonds is 4. The molecule has 19 heavy (non-hydrogen) atoms. The number of hydrogen-bond donors (Lipinski definition) is 1. The van der Waals surface area contributed by atoms with E-state index in [1.54, 1.807) is 6.07 Å². The fourth-order valence-corrected chi connectivity index (χ4v) is 1.85. The molecule has 1 amide bonds. The van der Waals surface area contributed by atoms with Crippen molar-refractivity contribution in [3.05, 3.63) is 47.7 Å². The van der Waals surface area contributed by atoms with Gasteiger partial charge in [0, 0.05) is 11.6 Å². The van der Waals surface area contributed by atoms with E-state index in [-0.39, 0.29) is 11.9 Å². The second kappa shape index (κ2) is 5.74. The van der Waals surface area contributed by atoms with Crippen LogP contribution in [-0.2, 0) is 6.42 Å². The average molecular weight is 257 g/mol. The van der Waals surface area contributed by atoms with Crippen molar-refractivity contribution < 1.29 is 9.21 Å². The van der Waals surface area contributed by atoms with E-state index in [4.69, 9.17) is 4.42 Å². The van der Waals surface area contributed by atoms with E-state index in [1.807, 2.05) is 32.0 Å². The quantitative estimate of drug-likeness (QED) is 0.908. The Morgan fingerprint density at radius 1 is 1.16 bits per heavy atom. The van der Waals surface area contributed by atoms with Crippen LogP contribution in [0.4, 0.5) is 0 Å². The van der Waals surface area contributed by atoms with Crippen LogP contribution in [0.1, 0.15) is 36.9 Å². The first-order chi connectivity index (χ1) is 9.10. The van der Waals surface area contributed by atoms with Crippen molar-refractivity contribution in [2.75, 3.05) is 0 Å². The number of amides is 1. The molecule has 0 atom stereocenters. The van der Waals surface area contributed by atoms with E-state index in [9.17, 15) is 4.79 Å². The van der Waals surface area contributed by atoms with Gasteiger partial charge in [-0.05, 0) is 38.0 Å². The number of carbonyl (C=O) groups is 1. The Morgan fingerprint density at radius 2 is 1.84 bits per heavy atom. The highest BCUT2D eigenvalue weighted by molar-refractivity contribution is 5.92. The molecular weight excluding hydrogens is 238 g/mol. The molecule has 100 valence electrons. The molecule has 2 aromatic rings. The summed E-state index contributed by atoms with van der Waals surface area (Å²) in [5, 5.41) is 2.81. The zero-order valence-corrected chi connectivity index (χ0v) is 11.6. The molecule has 0 aliphatic heterocycles. The first-order valence-electron chi connectivity index (χ1n) is 6.60. The van der Waals surface area contributed by atoms with Crippen LogP contribution < -0.4 is 5.32 Å². The number of nitrogens with one attached hydrogen (secondary N) is 1. The molecule has 1 aromatic carbocycles. The topological polar surface area (TPSA) is 42.2 Å². The molecule has 1 heterocycles. The monoisotopic (exact) mass is 257 g/mol. The smallest absolute Gasteiger partial charge is 0.287 e. The van der Waals surface area contributed by atoms with Crippen molar-refractivity contribution >= 4 is 5.91 Å². The second-order valence-electron chi connectivity index (χ2n) is 4.84. The lowest BCUT2D eigenvalue weighted by Crippen LogP contribution is -2.29. The normalized spacial score (nSPS) is 10.7. The first kappa shape index (κ1) is 13.4. The van der Waals surface area contributed by atoms with Gasteiger partial charge >= 0.3 is 0 Å². The molecule has 3 heteroatoms. The molecule has 0 radical (unpaired) electrons. The van der Waals surface area contributed by atoms with Gasteiger partial charge in [0.15, 0.2) is 5.76 Å². The van der Waals surface area contributed by atoms with E-state index in [0.29, 0.717) is 5.76 Å². The van der Waals surface area contributed by atoms with E-state index in [1.165, 1.54) is 5.56 Å². The molecule has 0 spiro atoms. The van der Waals surface area contributed by atoms with Gasteiger partial charge in [0.1, 0.15) is 5.76 Å². The van der Waals surface area contributed by atoms with Gasteiger partial charge in [-0.1, -0.05) is 31.2 Å². The van der Waals surface area contributed by atoms with Crippen molar-refractivity contribution in [3.8, 4) is 11.3 Å². The van der Waals surface area contributed by atoms with Crippen molar-refractivity contribution in [3.63, 3.8) is 0 Å². The van der Waals surface area contributed by atoms with Gasteiger partial charge in [-0.15, -0.1) is 0 Å². The Balaban J connectivity index is 2.18. The van der Waals surface area contributed by atoms with Crippen molar-refractivity contribution in [2.24, 2.45) is 0 Å². The number of benzene rings is 1. The third-order valence-electron chi connectivity index (χ3n) is 2.90. The predicted molar refractivity (Wildman–Crippen MR) is 76.1 cm³/mol. The lowest BCUT2D eigenvalue weighted by molar-refractivity contribution is 0.0916. The summed E-state index contributed by atoms with van der Waals surface area (Å²) in [4.78, 5) is 11.8. The third kappa shape index (κ3) is 3.25. The summed E-state index contributed by atoms with van der Waals surface area (Å²) in [6, 6.07) is 11.8. The Hall–Kier alpha value is -2.03. The van der Waals surface area contributed by atoms with Gasteiger partial charge in [0.2, 0.25) is 0 Å². The number of furan rings is 1. The van der Waals surface area contributed by atoms with E-state index in [2.05, 4.69) is 24.4 Å². The first-order valence-corrected chi connectivity index (χ1v) is 6.60. The third-order valence-corrected chi connectivity index (χ3v) is 2.90. The number of aryl methyl sites for hydroxylation is 1. The summed E-state index contributed by atoms with van der Waals surface area (Å²) < 4.78 is 5.59. The molecule has 0 unspecified atom stereocenters. The molecule has 0 saturated carbocycles. The Kier molecular flexibility index (Phi) is 4.05. The molecule has 3 nitrogen and oxygen atoms in total. The summed E-state index contributed by atoms with van der Waals surface area (Å²) in [6.45, 7) is 5.96. The Morgan fingerprint density at radius 3 is 2.42 bits per heavy atom. The summed E-state index contributed by atoms with van der Waals surface area (Å²) in [5.74, 6) is 0.895. The van der Waals surface area contributed by atoms with Crippen LogP contribution in [0.25, 0.3) is 11.3 Å². The molecule has 0 aliphatic carbocycles.